The number of carbonyl (C=O) groups is 1. The zero-order valence-electron chi connectivity index (χ0n) is 21.3. The number of aromatic nitrogens is 2. The van der Waals surface area contributed by atoms with Crippen molar-refractivity contribution in [2.75, 3.05) is 6.54 Å². The van der Waals surface area contributed by atoms with Gasteiger partial charge >= 0.3 is 0 Å². The van der Waals surface area contributed by atoms with Crippen molar-refractivity contribution in [3.63, 3.8) is 0 Å². The van der Waals surface area contributed by atoms with Crippen molar-refractivity contribution in [2.45, 2.75) is 90.5 Å². The Morgan fingerprint density at radius 3 is 2.44 bits per heavy atom. The molecule has 1 N–H and O–H groups in total. The number of aryl methyl sites for hydroxylation is 1. The summed E-state index contributed by atoms with van der Waals surface area (Å²) in [5, 5.41) is 3.17. The van der Waals surface area contributed by atoms with E-state index in [4.69, 9.17) is 4.98 Å². The summed E-state index contributed by atoms with van der Waals surface area (Å²) in [5.74, 6) is 1.69. The summed E-state index contributed by atoms with van der Waals surface area (Å²) in [6.07, 6.45) is 10.0. The molecule has 4 rings (SSSR count). The van der Waals surface area contributed by atoms with Gasteiger partial charge in [-0.1, -0.05) is 82.9 Å². The van der Waals surface area contributed by atoms with Crippen molar-refractivity contribution in [3.05, 3.63) is 65.5 Å². The Labute approximate surface area is 205 Å². The van der Waals surface area contributed by atoms with E-state index >= 15 is 0 Å². The van der Waals surface area contributed by atoms with Gasteiger partial charge in [0, 0.05) is 25.4 Å². The number of fused-ring (bicyclic) bond motifs is 1. The third-order valence-corrected chi connectivity index (χ3v) is 7.25. The third kappa shape index (κ3) is 6.28. The van der Waals surface area contributed by atoms with Gasteiger partial charge in [0.1, 0.15) is 5.82 Å². The molecule has 0 spiro atoms. The van der Waals surface area contributed by atoms with Gasteiger partial charge in [-0.2, -0.15) is 0 Å². The van der Waals surface area contributed by atoms with E-state index in [-0.39, 0.29) is 17.2 Å². The average Bonchev–Trinajstić information content (AvgIpc) is 3.18. The molecule has 1 heterocycles. The second-order valence-corrected chi connectivity index (χ2v) is 11.0. The molecular weight excluding hydrogens is 418 g/mol. The molecule has 34 heavy (non-hydrogen) atoms. The van der Waals surface area contributed by atoms with E-state index in [9.17, 15) is 4.79 Å². The molecule has 0 radical (unpaired) electrons. The number of hydrogen-bond acceptors (Lipinski definition) is 2. The molecule has 3 aromatic rings. The van der Waals surface area contributed by atoms with Crippen LogP contribution in [0.15, 0.2) is 48.5 Å². The predicted octanol–water partition coefficient (Wildman–Crippen LogP) is 6.79. The maximum absolute atomic E-state index is 12.3. The lowest BCUT2D eigenvalue weighted by Crippen LogP contribution is -2.32. The zero-order chi connectivity index (χ0) is 24.0. The SMILES string of the molecule is CC(C)(C)c1ccc(Cn2c(CCCCCNC(=O)C3CCCCC3)nc3ccccc32)cc1. The van der Waals surface area contributed by atoms with Gasteiger partial charge in [0.05, 0.1) is 11.0 Å². The van der Waals surface area contributed by atoms with E-state index in [2.05, 4.69) is 79.2 Å². The standard InChI is InChI=1S/C30H41N3O/c1-30(2,3)25-19-17-23(18-20-25)22-33-27-15-10-9-14-26(27)32-28(33)16-8-5-11-21-31-29(34)24-12-6-4-7-13-24/h9-10,14-15,17-20,24H,4-8,11-13,16,21-22H2,1-3H3,(H,31,34). The van der Waals surface area contributed by atoms with Crippen molar-refractivity contribution in [3.8, 4) is 0 Å². The van der Waals surface area contributed by atoms with Crippen molar-refractivity contribution in [1.82, 2.24) is 14.9 Å². The van der Waals surface area contributed by atoms with Gasteiger partial charge in [0.2, 0.25) is 5.91 Å². The summed E-state index contributed by atoms with van der Waals surface area (Å²) in [6.45, 7) is 8.41. The third-order valence-electron chi connectivity index (χ3n) is 7.25. The number of benzene rings is 2. The summed E-state index contributed by atoms with van der Waals surface area (Å²) < 4.78 is 2.38. The van der Waals surface area contributed by atoms with Gasteiger partial charge < -0.3 is 9.88 Å². The second kappa shape index (κ2) is 11.2. The largest absolute Gasteiger partial charge is 0.356 e. The molecule has 1 saturated carbocycles. The summed E-state index contributed by atoms with van der Waals surface area (Å²) in [5.41, 5.74) is 5.12. The monoisotopic (exact) mass is 459 g/mol. The number of carbonyl (C=O) groups excluding carboxylic acids is 1. The van der Waals surface area contributed by atoms with E-state index in [1.807, 2.05) is 0 Å². The number of nitrogens with zero attached hydrogens (tertiary/aromatic N) is 2. The fourth-order valence-corrected chi connectivity index (χ4v) is 5.09. The van der Waals surface area contributed by atoms with Crippen LogP contribution in [-0.4, -0.2) is 22.0 Å². The molecular formula is C30H41N3O. The maximum atomic E-state index is 12.3. The van der Waals surface area contributed by atoms with E-state index < -0.39 is 0 Å². The molecule has 0 unspecified atom stereocenters. The Hall–Kier alpha value is -2.62. The minimum atomic E-state index is 0.168. The summed E-state index contributed by atoms with van der Waals surface area (Å²) in [7, 11) is 0. The van der Waals surface area contributed by atoms with Gasteiger partial charge in [-0.25, -0.2) is 4.98 Å². The van der Waals surface area contributed by atoms with Crippen LogP contribution in [0.3, 0.4) is 0 Å². The lowest BCUT2D eigenvalue weighted by atomic mass is 9.87. The first-order chi connectivity index (χ1) is 16.4. The minimum absolute atomic E-state index is 0.168. The van der Waals surface area contributed by atoms with Gasteiger partial charge in [0.25, 0.3) is 0 Å². The Kier molecular flexibility index (Phi) is 8.07. The van der Waals surface area contributed by atoms with E-state index in [0.29, 0.717) is 0 Å². The van der Waals surface area contributed by atoms with Crippen molar-refractivity contribution < 1.29 is 4.79 Å². The molecule has 0 saturated heterocycles. The van der Waals surface area contributed by atoms with E-state index in [1.165, 1.54) is 35.9 Å². The highest BCUT2D eigenvalue weighted by atomic mass is 16.1. The molecule has 1 aromatic heterocycles. The van der Waals surface area contributed by atoms with Crippen LogP contribution < -0.4 is 5.32 Å². The van der Waals surface area contributed by atoms with Gasteiger partial charge in [-0.15, -0.1) is 0 Å². The first-order valence-electron chi connectivity index (χ1n) is 13.2. The number of para-hydroxylation sites is 2. The van der Waals surface area contributed by atoms with Crippen molar-refractivity contribution in [1.29, 1.82) is 0 Å². The highest BCUT2D eigenvalue weighted by Gasteiger charge is 2.20. The minimum Gasteiger partial charge on any atom is -0.356 e. The van der Waals surface area contributed by atoms with Crippen LogP contribution in [0.25, 0.3) is 11.0 Å². The Morgan fingerprint density at radius 2 is 1.71 bits per heavy atom. The number of hydrogen-bond donors (Lipinski definition) is 1. The van der Waals surface area contributed by atoms with Gasteiger partial charge in [0.15, 0.2) is 0 Å². The van der Waals surface area contributed by atoms with Crippen LogP contribution >= 0.6 is 0 Å². The molecule has 4 nitrogen and oxygen atoms in total. The molecule has 1 amide bonds. The predicted molar refractivity (Wildman–Crippen MR) is 141 cm³/mol. The average molecular weight is 460 g/mol. The molecule has 1 aliphatic carbocycles. The van der Waals surface area contributed by atoms with E-state index in [1.54, 1.807) is 0 Å². The molecule has 4 heteroatoms. The first kappa shape index (κ1) is 24.5. The van der Waals surface area contributed by atoms with Crippen molar-refractivity contribution >= 4 is 16.9 Å². The van der Waals surface area contributed by atoms with Gasteiger partial charge in [-0.05, 0) is 54.4 Å². The molecule has 0 aliphatic heterocycles. The number of rotatable bonds is 9. The van der Waals surface area contributed by atoms with Gasteiger partial charge in [-0.3, -0.25) is 4.79 Å². The Morgan fingerprint density at radius 1 is 0.971 bits per heavy atom. The molecule has 0 bridgehead atoms. The van der Waals surface area contributed by atoms with E-state index in [0.717, 1.165) is 63.0 Å². The lowest BCUT2D eigenvalue weighted by molar-refractivity contribution is -0.125. The fourth-order valence-electron chi connectivity index (χ4n) is 5.09. The van der Waals surface area contributed by atoms with Crippen LogP contribution in [0.1, 0.15) is 89.1 Å². The quantitative estimate of drug-likeness (QED) is 0.358. The fraction of sp³-hybridized carbons (Fsp3) is 0.533. The maximum Gasteiger partial charge on any atom is 0.223 e. The van der Waals surface area contributed by atoms with Crippen molar-refractivity contribution in [2.24, 2.45) is 5.92 Å². The highest BCUT2D eigenvalue weighted by molar-refractivity contribution is 5.78. The number of nitrogens with one attached hydrogen (secondary N) is 1. The number of imidazole rings is 1. The second-order valence-electron chi connectivity index (χ2n) is 11.0. The molecule has 1 fully saturated rings. The summed E-state index contributed by atoms with van der Waals surface area (Å²) >= 11 is 0. The normalized spacial score (nSPS) is 15.0. The van der Waals surface area contributed by atoms with Crippen LogP contribution in [0.4, 0.5) is 0 Å². The van der Waals surface area contributed by atoms with Crippen LogP contribution in [0, 0.1) is 5.92 Å². The zero-order valence-corrected chi connectivity index (χ0v) is 21.3. The van der Waals surface area contributed by atoms with Crippen LogP contribution in [-0.2, 0) is 23.2 Å². The summed E-state index contributed by atoms with van der Waals surface area (Å²) in [4.78, 5) is 17.3. The number of unbranched alkanes of at least 4 members (excludes halogenated alkanes) is 2. The topological polar surface area (TPSA) is 46.9 Å². The Balaban J connectivity index is 1.32. The molecule has 0 atom stereocenters. The smallest absolute Gasteiger partial charge is 0.223 e. The number of amides is 1. The lowest BCUT2D eigenvalue weighted by Gasteiger charge is -2.20. The first-order valence-corrected chi connectivity index (χ1v) is 13.2. The molecule has 182 valence electrons. The van der Waals surface area contributed by atoms with Crippen LogP contribution in [0.2, 0.25) is 0 Å². The summed E-state index contributed by atoms with van der Waals surface area (Å²) in [6, 6.07) is 17.5. The Bertz CT molecular complexity index is 1070. The van der Waals surface area contributed by atoms with Crippen LogP contribution in [0.5, 0.6) is 0 Å². The highest BCUT2D eigenvalue weighted by Crippen LogP contribution is 2.25. The molecule has 1 aliphatic rings. The molecule has 2 aromatic carbocycles.